The average molecular weight is 269 g/mol. The van der Waals surface area contributed by atoms with Crippen molar-refractivity contribution in [3.05, 3.63) is 76.9 Å². The molecule has 2 aromatic rings. The van der Waals surface area contributed by atoms with Crippen LogP contribution in [0.25, 0.3) is 5.57 Å². The highest BCUT2D eigenvalue weighted by Gasteiger charge is 2.26. The van der Waals surface area contributed by atoms with Crippen LogP contribution in [0.5, 0.6) is 0 Å². The van der Waals surface area contributed by atoms with Crippen LogP contribution in [0.15, 0.2) is 54.6 Å². The van der Waals surface area contributed by atoms with Gasteiger partial charge in [-0.25, -0.2) is 0 Å². The predicted octanol–water partition coefficient (Wildman–Crippen LogP) is 3.43. The van der Waals surface area contributed by atoms with E-state index in [4.69, 9.17) is 11.6 Å². The van der Waals surface area contributed by atoms with Crippen LogP contribution in [0.3, 0.4) is 0 Å². The van der Waals surface area contributed by atoms with E-state index in [1.54, 1.807) is 12.1 Å². The van der Waals surface area contributed by atoms with Crippen molar-refractivity contribution in [2.24, 2.45) is 0 Å². The fourth-order valence-electron chi connectivity index (χ4n) is 2.39. The van der Waals surface area contributed by atoms with E-state index in [9.17, 15) is 9.59 Å². The first-order chi connectivity index (χ1) is 9.18. The quantitative estimate of drug-likeness (QED) is 0.500. The molecule has 2 aromatic carbocycles. The molecule has 19 heavy (non-hydrogen) atoms. The summed E-state index contributed by atoms with van der Waals surface area (Å²) in [4.78, 5) is 23.6. The van der Waals surface area contributed by atoms with Gasteiger partial charge in [-0.15, -0.1) is 0 Å². The molecule has 3 rings (SSSR count). The molecule has 0 amide bonds. The summed E-state index contributed by atoms with van der Waals surface area (Å²) in [6.07, 6.45) is 1.37. The van der Waals surface area contributed by atoms with Crippen molar-refractivity contribution in [1.82, 2.24) is 0 Å². The Hall–Kier alpha value is -2.19. The number of hydrogen-bond acceptors (Lipinski definition) is 2. The molecule has 0 bridgehead atoms. The summed E-state index contributed by atoms with van der Waals surface area (Å²) in [5.41, 5.74) is 3.40. The molecule has 0 saturated carbocycles. The maximum Gasteiger partial charge on any atom is 0.245 e. The highest BCUT2D eigenvalue weighted by molar-refractivity contribution is 6.67. The second kappa shape index (κ2) is 4.48. The number of halogens is 1. The minimum atomic E-state index is -0.547. The van der Waals surface area contributed by atoms with E-state index in [0.717, 1.165) is 11.1 Å². The van der Waals surface area contributed by atoms with Crippen molar-refractivity contribution in [3.63, 3.8) is 0 Å². The van der Waals surface area contributed by atoms with Gasteiger partial charge in [-0.2, -0.15) is 0 Å². The lowest BCUT2D eigenvalue weighted by molar-refractivity contribution is -0.107. The summed E-state index contributed by atoms with van der Waals surface area (Å²) in [5.74, 6) is -0.0228. The summed E-state index contributed by atoms with van der Waals surface area (Å²) in [6, 6.07) is 14.5. The number of hydrogen-bond donors (Lipinski definition) is 0. The van der Waals surface area contributed by atoms with Crippen LogP contribution in [0.2, 0.25) is 0 Å². The first-order valence-electron chi connectivity index (χ1n) is 5.83. The molecule has 0 N–H and O–H groups in total. The Balaban J connectivity index is 2.36. The Morgan fingerprint density at radius 3 is 1.68 bits per heavy atom. The molecule has 92 valence electrons. The van der Waals surface area contributed by atoms with E-state index >= 15 is 0 Å². The van der Waals surface area contributed by atoms with E-state index in [1.807, 2.05) is 36.4 Å². The summed E-state index contributed by atoms with van der Waals surface area (Å²) >= 11 is 5.48. The number of carbonyl (C=O) groups is 2. The molecule has 0 fully saturated rings. The largest absolute Gasteiger partial charge is 0.289 e. The molecule has 1 aliphatic rings. The Morgan fingerprint density at radius 2 is 1.26 bits per heavy atom. The van der Waals surface area contributed by atoms with Crippen LogP contribution in [0, 0.1) is 0 Å². The highest BCUT2D eigenvalue weighted by Crippen LogP contribution is 2.35. The van der Waals surface area contributed by atoms with Gasteiger partial charge in [-0.3, -0.25) is 9.59 Å². The lowest BCUT2D eigenvalue weighted by Crippen LogP contribution is -2.14. The molecule has 0 spiro atoms. The molecular weight excluding hydrogens is 260 g/mol. The third-order valence-electron chi connectivity index (χ3n) is 3.18. The molecule has 0 atom stereocenters. The number of carbonyl (C=O) groups excluding carboxylic acids is 2. The molecule has 3 heteroatoms. The van der Waals surface area contributed by atoms with E-state index in [-0.39, 0.29) is 5.78 Å². The van der Waals surface area contributed by atoms with Gasteiger partial charge in [0.05, 0.1) is 0 Å². The minimum Gasteiger partial charge on any atom is -0.289 e. The molecule has 2 nitrogen and oxygen atoms in total. The van der Waals surface area contributed by atoms with Crippen molar-refractivity contribution in [1.29, 1.82) is 0 Å². The summed E-state index contributed by atoms with van der Waals surface area (Å²) in [6.45, 7) is 0. The molecule has 0 aliphatic heterocycles. The smallest absolute Gasteiger partial charge is 0.245 e. The van der Waals surface area contributed by atoms with E-state index in [1.165, 1.54) is 6.08 Å². The number of fused-ring (bicyclic) bond motifs is 2. The first kappa shape index (κ1) is 11.9. The first-order valence-corrected chi connectivity index (χ1v) is 6.21. The Kier molecular flexibility index (Phi) is 2.80. The standard InChI is InChI=1S/C16H9ClO2/c17-15(18)9-14-10-5-1-3-7-12(10)16(19)13-8-4-2-6-11(13)14/h1-9H. The maximum absolute atomic E-state index is 12.4. The second-order valence-electron chi connectivity index (χ2n) is 4.28. The number of benzene rings is 2. The zero-order valence-corrected chi connectivity index (χ0v) is 10.6. The van der Waals surface area contributed by atoms with Crippen molar-refractivity contribution in [2.75, 3.05) is 0 Å². The van der Waals surface area contributed by atoms with Crippen LogP contribution in [0.4, 0.5) is 0 Å². The normalized spacial score (nSPS) is 12.7. The number of rotatable bonds is 1. The Morgan fingerprint density at radius 1 is 0.842 bits per heavy atom. The van der Waals surface area contributed by atoms with Crippen LogP contribution in [-0.2, 0) is 4.79 Å². The zero-order chi connectivity index (χ0) is 13.4. The topological polar surface area (TPSA) is 34.1 Å². The molecule has 0 radical (unpaired) electrons. The van der Waals surface area contributed by atoms with Gasteiger partial charge < -0.3 is 0 Å². The van der Waals surface area contributed by atoms with Gasteiger partial charge in [-0.05, 0) is 28.3 Å². The van der Waals surface area contributed by atoms with Crippen LogP contribution < -0.4 is 0 Å². The van der Waals surface area contributed by atoms with Gasteiger partial charge in [0.15, 0.2) is 5.78 Å². The van der Waals surface area contributed by atoms with Crippen molar-refractivity contribution < 1.29 is 9.59 Å². The van der Waals surface area contributed by atoms with Crippen LogP contribution >= 0.6 is 11.6 Å². The van der Waals surface area contributed by atoms with Crippen molar-refractivity contribution in [3.8, 4) is 0 Å². The fraction of sp³-hybridized carbons (Fsp3) is 0. The van der Waals surface area contributed by atoms with E-state index in [2.05, 4.69) is 0 Å². The monoisotopic (exact) mass is 268 g/mol. The van der Waals surface area contributed by atoms with Crippen LogP contribution in [0.1, 0.15) is 27.0 Å². The summed E-state index contributed by atoms with van der Waals surface area (Å²) in [5, 5.41) is -0.547. The Bertz CT molecular complexity index is 678. The average Bonchev–Trinajstić information content (AvgIpc) is 2.43. The van der Waals surface area contributed by atoms with Gasteiger partial charge in [0, 0.05) is 17.2 Å². The van der Waals surface area contributed by atoms with Gasteiger partial charge in [0.2, 0.25) is 5.24 Å². The van der Waals surface area contributed by atoms with Gasteiger partial charge >= 0.3 is 0 Å². The van der Waals surface area contributed by atoms with Gasteiger partial charge in [0.1, 0.15) is 0 Å². The Labute approximate surface area is 115 Å². The van der Waals surface area contributed by atoms with Crippen LogP contribution in [-0.4, -0.2) is 11.0 Å². The molecule has 0 unspecified atom stereocenters. The third kappa shape index (κ3) is 1.90. The zero-order valence-electron chi connectivity index (χ0n) is 9.89. The van der Waals surface area contributed by atoms with E-state index in [0.29, 0.717) is 16.7 Å². The summed E-state index contributed by atoms with van der Waals surface area (Å²) < 4.78 is 0. The summed E-state index contributed by atoms with van der Waals surface area (Å²) in [7, 11) is 0. The lowest BCUT2D eigenvalue weighted by Gasteiger charge is -2.20. The van der Waals surface area contributed by atoms with Gasteiger partial charge in [0.25, 0.3) is 0 Å². The fourth-order valence-corrected chi connectivity index (χ4v) is 2.50. The molecular formula is C16H9ClO2. The predicted molar refractivity (Wildman–Crippen MR) is 74.3 cm³/mol. The number of ketones is 1. The lowest BCUT2D eigenvalue weighted by atomic mass is 9.81. The SMILES string of the molecule is O=C(Cl)C=C1c2ccccc2C(=O)c2ccccc21. The molecule has 0 aromatic heterocycles. The minimum absolute atomic E-state index is 0.0228. The van der Waals surface area contributed by atoms with Gasteiger partial charge in [-0.1, -0.05) is 48.5 Å². The maximum atomic E-state index is 12.4. The van der Waals surface area contributed by atoms with Crippen molar-refractivity contribution in [2.45, 2.75) is 0 Å². The molecule has 0 saturated heterocycles. The molecule has 0 heterocycles. The second-order valence-corrected chi connectivity index (χ2v) is 4.65. The third-order valence-corrected chi connectivity index (χ3v) is 3.29. The molecule has 1 aliphatic carbocycles. The highest BCUT2D eigenvalue weighted by atomic mass is 35.5. The van der Waals surface area contributed by atoms with Crippen molar-refractivity contribution >= 4 is 28.2 Å². The van der Waals surface area contributed by atoms with E-state index < -0.39 is 5.24 Å². The number of allylic oxidation sites excluding steroid dienone is 1.